The van der Waals surface area contributed by atoms with Crippen LogP contribution in [0.3, 0.4) is 0 Å². The van der Waals surface area contributed by atoms with E-state index in [-0.39, 0.29) is 12.3 Å². The van der Waals surface area contributed by atoms with Crippen molar-refractivity contribution in [1.29, 1.82) is 0 Å². The van der Waals surface area contributed by atoms with Gasteiger partial charge in [-0.15, -0.1) is 11.3 Å². The Balaban J connectivity index is 3.03. The van der Waals surface area contributed by atoms with Gasteiger partial charge in [0.25, 0.3) is 0 Å². The van der Waals surface area contributed by atoms with Crippen LogP contribution >= 0.6 is 11.3 Å². The van der Waals surface area contributed by atoms with Crippen molar-refractivity contribution in [2.24, 2.45) is 0 Å². The monoisotopic (exact) mass is 398 g/mol. The van der Waals surface area contributed by atoms with Crippen LogP contribution < -0.4 is 5.32 Å². The summed E-state index contributed by atoms with van der Waals surface area (Å²) in [4.78, 5) is 28.6. The maximum absolute atomic E-state index is 12.3. The average molecular weight is 399 g/mol. The highest BCUT2D eigenvalue weighted by Crippen LogP contribution is 2.27. The van der Waals surface area contributed by atoms with Gasteiger partial charge in [-0.1, -0.05) is 12.7 Å². The Morgan fingerprint density at radius 3 is 2.41 bits per heavy atom. The van der Waals surface area contributed by atoms with Crippen molar-refractivity contribution < 1.29 is 23.8 Å². The van der Waals surface area contributed by atoms with Gasteiger partial charge < -0.3 is 19.5 Å². The molecule has 1 aromatic heterocycles. The lowest BCUT2D eigenvalue weighted by Crippen LogP contribution is -2.41. The van der Waals surface area contributed by atoms with Gasteiger partial charge >= 0.3 is 12.1 Å². The Bertz CT molecular complexity index is 658. The summed E-state index contributed by atoms with van der Waals surface area (Å²) in [5, 5.41) is 4.92. The molecule has 0 aliphatic heterocycles. The molecule has 0 saturated heterocycles. The molecule has 0 aromatic carbocycles. The van der Waals surface area contributed by atoms with Gasteiger partial charge in [0, 0.05) is 5.38 Å². The average Bonchev–Trinajstić information content (AvgIpc) is 2.96. The molecule has 0 radical (unpaired) electrons. The van der Waals surface area contributed by atoms with E-state index in [9.17, 15) is 9.59 Å². The second-order valence-electron chi connectivity index (χ2n) is 8.02. The van der Waals surface area contributed by atoms with E-state index in [2.05, 4.69) is 16.9 Å². The fourth-order valence-electron chi connectivity index (χ4n) is 2.17. The Hall–Kier alpha value is -1.93. The lowest BCUT2D eigenvalue weighted by atomic mass is 10.1. The Morgan fingerprint density at radius 2 is 1.89 bits per heavy atom. The fourth-order valence-corrected chi connectivity index (χ4v) is 3.10. The minimum absolute atomic E-state index is 0.106. The number of amides is 1. The normalized spacial score (nSPS) is 14.2. The number of rotatable bonds is 7. The number of nitrogens with zero attached hydrogens (tertiary/aromatic N) is 1. The molecule has 0 bridgehead atoms. The van der Waals surface area contributed by atoms with Crippen molar-refractivity contribution in [2.75, 3.05) is 6.61 Å². The third-order valence-corrected chi connectivity index (χ3v) is 3.94. The van der Waals surface area contributed by atoms with Crippen LogP contribution in [0.25, 0.3) is 0 Å². The predicted octanol–water partition coefficient (Wildman–Crippen LogP) is 4.26. The first-order chi connectivity index (χ1) is 12.3. The van der Waals surface area contributed by atoms with Gasteiger partial charge in [0.1, 0.15) is 23.3 Å². The van der Waals surface area contributed by atoms with Crippen molar-refractivity contribution in [3.63, 3.8) is 0 Å². The molecule has 0 saturated carbocycles. The molecule has 1 rings (SSSR count). The predicted molar refractivity (Wildman–Crippen MR) is 105 cm³/mol. The lowest BCUT2D eigenvalue weighted by Gasteiger charge is -2.31. The minimum atomic E-state index is -0.634. The van der Waals surface area contributed by atoms with Crippen molar-refractivity contribution in [3.8, 4) is 0 Å². The first-order valence-electron chi connectivity index (χ1n) is 8.73. The van der Waals surface area contributed by atoms with E-state index in [1.807, 2.05) is 27.7 Å². The summed E-state index contributed by atoms with van der Waals surface area (Å²) in [7, 11) is 0. The van der Waals surface area contributed by atoms with Crippen LogP contribution in [0.2, 0.25) is 0 Å². The van der Waals surface area contributed by atoms with Crippen molar-refractivity contribution in [1.82, 2.24) is 10.3 Å². The zero-order chi connectivity index (χ0) is 20.8. The van der Waals surface area contributed by atoms with Crippen LogP contribution in [-0.4, -0.2) is 41.0 Å². The molecule has 1 heterocycles. The van der Waals surface area contributed by atoms with Crippen LogP contribution in [-0.2, 0) is 14.2 Å². The maximum atomic E-state index is 12.3. The quantitative estimate of drug-likeness (QED) is 0.546. The molecule has 0 spiro atoms. The first kappa shape index (κ1) is 23.1. The Kier molecular flexibility index (Phi) is 7.98. The summed E-state index contributed by atoms with van der Waals surface area (Å²) in [5.74, 6) is -0.544. The van der Waals surface area contributed by atoms with Crippen LogP contribution in [0.5, 0.6) is 0 Å². The van der Waals surface area contributed by atoms with E-state index in [0.29, 0.717) is 5.01 Å². The number of aromatic nitrogens is 1. The van der Waals surface area contributed by atoms with Gasteiger partial charge in [-0.05, 0) is 48.5 Å². The van der Waals surface area contributed by atoms with Crippen molar-refractivity contribution in [3.05, 3.63) is 28.7 Å². The number of hydrogen-bond donors (Lipinski definition) is 1. The smallest absolute Gasteiger partial charge is 0.408 e. The Morgan fingerprint density at radius 1 is 1.26 bits per heavy atom. The molecule has 152 valence electrons. The molecule has 7 nitrogen and oxygen atoms in total. The molecule has 1 N–H and O–H groups in total. The third-order valence-electron chi connectivity index (χ3n) is 3.01. The second-order valence-corrected chi connectivity index (χ2v) is 8.91. The number of alkyl carbamates (subject to hydrolysis) is 1. The maximum Gasteiger partial charge on any atom is 0.408 e. The number of nitrogens with one attached hydrogen (secondary N) is 1. The van der Waals surface area contributed by atoms with Crippen molar-refractivity contribution in [2.45, 2.75) is 71.8 Å². The Labute approximate surface area is 165 Å². The number of ether oxygens (including phenoxy) is 3. The van der Waals surface area contributed by atoms with E-state index >= 15 is 0 Å². The molecule has 1 aromatic rings. The highest BCUT2D eigenvalue weighted by molar-refractivity contribution is 7.09. The van der Waals surface area contributed by atoms with E-state index in [4.69, 9.17) is 14.2 Å². The van der Waals surface area contributed by atoms with Gasteiger partial charge in [0.2, 0.25) is 0 Å². The van der Waals surface area contributed by atoms with Gasteiger partial charge in [-0.3, -0.25) is 0 Å². The van der Waals surface area contributed by atoms with E-state index in [1.54, 1.807) is 26.2 Å². The van der Waals surface area contributed by atoms with E-state index < -0.39 is 35.4 Å². The lowest BCUT2D eigenvalue weighted by molar-refractivity contribution is -0.0677. The molecular formula is C19H30N2O5S. The third kappa shape index (κ3) is 8.53. The zero-order valence-electron chi connectivity index (χ0n) is 17.1. The molecule has 8 heteroatoms. The number of hydrogen-bond acceptors (Lipinski definition) is 7. The van der Waals surface area contributed by atoms with Crippen LogP contribution in [0.15, 0.2) is 18.0 Å². The molecule has 1 amide bonds. The van der Waals surface area contributed by atoms with Crippen LogP contribution in [0.4, 0.5) is 4.79 Å². The summed E-state index contributed by atoms with van der Waals surface area (Å²) in [5.41, 5.74) is -0.877. The summed E-state index contributed by atoms with van der Waals surface area (Å²) in [6.07, 6.45) is 0.501. The van der Waals surface area contributed by atoms with Crippen LogP contribution in [0.1, 0.15) is 70.0 Å². The summed E-state index contributed by atoms with van der Waals surface area (Å²) in [6.45, 7) is 16.6. The highest BCUT2D eigenvalue weighted by atomic mass is 32.1. The number of carbonyl (C=O) groups excluding carboxylic acids is 2. The summed E-state index contributed by atoms with van der Waals surface area (Å²) in [6, 6.07) is -0.579. The molecule has 0 aliphatic rings. The van der Waals surface area contributed by atoms with Crippen molar-refractivity contribution >= 4 is 23.4 Å². The van der Waals surface area contributed by atoms with Gasteiger partial charge in [0.05, 0.1) is 11.7 Å². The molecule has 27 heavy (non-hydrogen) atoms. The molecule has 0 fully saturated rings. The number of thiazole rings is 1. The fraction of sp³-hybridized carbons (Fsp3) is 0.632. The molecule has 2 atom stereocenters. The molecule has 1 unspecified atom stereocenters. The number of carbonyl (C=O) groups is 2. The van der Waals surface area contributed by atoms with Gasteiger partial charge in [-0.2, -0.15) is 0 Å². The topological polar surface area (TPSA) is 86.8 Å². The highest BCUT2D eigenvalue weighted by Gasteiger charge is 2.31. The van der Waals surface area contributed by atoms with E-state index in [1.165, 1.54) is 17.4 Å². The zero-order valence-corrected chi connectivity index (χ0v) is 17.9. The summed E-state index contributed by atoms with van der Waals surface area (Å²) >= 11 is 1.25. The standard InChI is InChI=1S/C19H30N2O5S/c1-9-10-24-16(22)13-11-27-15(20-13)14(12(2)25-18(3,4)5)21-17(23)26-19(6,7)8/h9,11-12,14H,1,10H2,2-8H3,(H,21,23)/t12?,14-/m0/s1. The van der Waals surface area contributed by atoms with E-state index in [0.717, 1.165) is 0 Å². The minimum Gasteiger partial charge on any atom is -0.457 e. The molecule has 0 aliphatic carbocycles. The number of esters is 1. The van der Waals surface area contributed by atoms with Gasteiger partial charge in [-0.25, -0.2) is 14.6 Å². The second kappa shape index (κ2) is 9.32. The molecular weight excluding hydrogens is 368 g/mol. The summed E-state index contributed by atoms with van der Waals surface area (Å²) < 4.78 is 16.3. The first-order valence-corrected chi connectivity index (χ1v) is 9.61. The SMILES string of the molecule is C=CCOC(=O)c1csc([C@@H](NC(=O)OC(C)(C)C)C(C)OC(C)(C)C)n1. The van der Waals surface area contributed by atoms with Crippen LogP contribution in [0, 0.1) is 0 Å². The van der Waals surface area contributed by atoms with Gasteiger partial charge in [0.15, 0.2) is 5.69 Å². The largest absolute Gasteiger partial charge is 0.457 e.